The van der Waals surface area contributed by atoms with Crippen molar-refractivity contribution in [3.63, 3.8) is 0 Å². The van der Waals surface area contributed by atoms with Crippen molar-refractivity contribution in [2.45, 2.75) is 24.6 Å². The zero-order valence-corrected chi connectivity index (χ0v) is 10.4. The van der Waals surface area contributed by atoms with Crippen molar-refractivity contribution in [3.8, 4) is 0 Å². The number of nitrogens with one attached hydrogen (secondary N) is 1. The Bertz CT molecular complexity index is 179. The summed E-state index contributed by atoms with van der Waals surface area (Å²) in [6.45, 7) is 0.690. The molecular weight excluding hydrogens is 252 g/mol. The van der Waals surface area contributed by atoms with Crippen LogP contribution in [0.2, 0.25) is 0 Å². The second-order valence-electron chi connectivity index (χ2n) is 3.70. The maximum Gasteiger partial charge on any atom is 0.408 e. The first-order chi connectivity index (χ1) is 5.90. The molecule has 15 heavy (non-hydrogen) atoms. The SMILES string of the molecule is CN(C)C1(C(F)(F)F)CCCNC1.Cl.Cl. The van der Waals surface area contributed by atoms with Gasteiger partial charge in [-0.3, -0.25) is 4.90 Å². The fraction of sp³-hybridized carbons (Fsp3) is 1.00. The van der Waals surface area contributed by atoms with E-state index in [0.717, 1.165) is 0 Å². The summed E-state index contributed by atoms with van der Waals surface area (Å²) in [6.07, 6.45) is -3.38. The van der Waals surface area contributed by atoms with Crippen LogP contribution in [-0.4, -0.2) is 43.8 Å². The molecule has 1 heterocycles. The molecule has 1 fully saturated rings. The first-order valence-electron chi connectivity index (χ1n) is 4.35. The Morgan fingerprint density at radius 1 is 1.20 bits per heavy atom. The van der Waals surface area contributed by atoms with Gasteiger partial charge in [0.15, 0.2) is 0 Å². The number of hydrogen-bond acceptors (Lipinski definition) is 2. The molecule has 1 aliphatic rings. The molecule has 94 valence electrons. The Hall–Kier alpha value is 0.290. The third-order valence-electron chi connectivity index (χ3n) is 2.75. The summed E-state index contributed by atoms with van der Waals surface area (Å²) in [4.78, 5) is 1.28. The third kappa shape index (κ3) is 3.37. The second-order valence-corrected chi connectivity index (χ2v) is 3.70. The Kier molecular flexibility index (Phi) is 7.23. The highest BCUT2D eigenvalue weighted by molar-refractivity contribution is 5.85. The van der Waals surface area contributed by atoms with Crippen LogP contribution in [0.25, 0.3) is 0 Å². The first-order valence-corrected chi connectivity index (χ1v) is 4.35. The molecule has 2 nitrogen and oxygen atoms in total. The highest BCUT2D eigenvalue weighted by Gasteiger charge is 2.56. The van der Waals surface area contributed by atoms with Gasteiger partial charge in [-0.1, -0.05) is 0 Å². The molecule has 1 N–H and O–H groups in total. The molecule has 1 aliphatic heterocycles. The maximum atomic E-state index is 12.8. The van der Waals surface area contributed by atoms with Crippen LogP contribution in [0, 0.1) is 0 Å². The topological polar surface area (TPSA) is 15.3 Å². The average molecular weight is 269 g/mol. The monoisotopic (exact) mass is 268 g/mol. The molecule has 0 aromatic heterocycles. The van der Waals surface area contributed by atoms with E-state index >= 15 is 0 Å². The van der Waals surface area contributed by atoms with E-state index in [9.17, 15) is 13.2 Å². The largest absolute Gasteiger partial charge is 0.408 e. The van der Waals surface area contributed by atoms with Gasteiger partial charge in [0.1, 0.15) is 5.54 Å². The molecule has 0 spiro atoms. The molecule has 0 saturated carbocycles. The molecule has 1 saturated heterocycles. The van der Waals surface area contributed by atoms with E-state index in [2.05, 4.69) is 5.32 Å². The predicted molar refractivity (Wildman–Crippen MR) is 59.1 cm³/mol. The summed E-state index contributed by atoms with van der Waals surface area (Å²) in [6, 6.07) is 0. The maximum absolute atomic E-state index is 12.8. The second kappa shape index (κ2) is 6.13. The normalized spacial score (nSPS) is 26.8. The number of piperidine rings is 1. The minimum atomic E-state index is -4.15. The summed E-state index contributed by atoms with van der Waals surface area (Å²) < 4.78 is 38.3. The van der Waals surface area contributed by atoms with Gasteiger partial charge in [-0.25, -0.2) is 0 Å². The van der Waals surface area contributed by atoms with Gasteiger partial charge in [0.05, 0.1) is 0 Å². The molecule has 0 aromatic rings. The molecule has 0 amide bonds. The zero-order chi connectivity index (χ0) is 10.1. The molecule has 0 aromatic carbocycles. The van der Waals surface area contributed by atoms with Crippen LogP contribution in [0.5, 0.6) is 0 Å². The van der Waals surface area contributed by atoms with Crippen molar-refractivity contribution in [1.82, 2.24) is 10.2 Å². The Morgan fingerprint density at radius 3 is 1.93 bits per heavy atom. The van der Waals surface area contributed by atoms with Crippen molar-refractivity contribution in [1.29, 1.82) is 0 Å². The number of hydrogen-bond donors (Lipinski definition) is 1. The van der Waals surface area contributed by atoms with Crippen LogP contribution < -0.4 is 5.32 Å². The molecule has 1 rings (SSSR count). The predicted octanol–water partition coefficient (Wildman–Crippen LogP) is 2.08. The van der Waals surface area contributed by atoms with E-state index in [4.69, 9.17) is 0 Å². The molecule has 0 bridgehead atoms. The van der Waals surface area contributed by atoms with Gasteiger partial charge < -0.3 is 5.32 Å². The van der Waals surface area contributed by atoms with E-state index in [1.54, 1.807) is 0 Å². The summed E-state index contributed by atoms with van der Waals surface area (Å²) in [7, 11) is 2.97. The quantitative estimate of drug-likeness (QED) is 0.784. The summed E-state index contributed by atoms with van der Waals surface area (Å²) in [5.74, 6) is 0. The standard InChI is InChI=1S/C8H15F3N2.2ClH/c1-13(2)7(8(9,10)11)4-3-5-12-6-7;;/h12H,3-6H2,1-2H3;2*1H. The first kappa shape index (κ1) is 17.7. The number of likely N-dealkylation sites (N-methyl/N-ethyl adjacent to an activating group) is 1. The molecule has 1 atom stereocenters. The molecule has 1 unspecified atom stereocenters. The van der Waals surface area contributed by atoms with E-state index in [1.807, 2.05) is 0 Å². The molecule has 0 radical (unpaired) electrons. The van der Waals surface area contributed by atoms with Gasteiger partial charge in [-0.05, 0) is 33.5 Å². The van der Waals surface area contributed by atoms with Crippen molar-refractivity contribution in [2.75, 3.05) is 27.2 Å². The third-order valence-corrected chi connectivity index (χ3v) is 2.75. The fourth-order valence-corrected chi connectivity index (χ4v) is 1.77. The summed E-state index contributed by atoms with van der Waals surface area (Å²) in [5, 5.41) is 2.80. The average Bonchev–Trinajstić information content (AvgIpc) is 2.03. The fourth-order valence-electron chi connectivity index (χ4n) is 1.77. The van der Waals surface area contributed by atoms with Gasteiger partial charge in [-0.15, -0.1) is 24.8 Å². The van der Waals surface area contributed by atoms with Gasteiger partial charge in [0.25, 0.3) is 0 Å². The van der Waals surface area contributed by atoms with Crippen LogP contribution in [-0.2, 0) is 0 Å². The van der Waals surface area contributed by atoms with Crippen LogP contribution in [0.15, 0.2) is 0 Å². The van der Waals surface area contributed by atoms with Crippen molar-refractivity contribution in [2.24, 2.45) is 0 Å². The van der Waals surface area contributed by atoms with Crippen LogP contribution >= 0.6 is 24.8 Å². The lowest BCUT2D eigenvalue weighted by molar-refractivity contribution is -0.229. The summed E-state index contributed by atoms with van der Waals surface area (Å²) >= 11 is 0. The van der Waals surface area contributed by atoms with E-state index in [1.165, 1.54) is 19.0 Å². The highest BCUT2D eigenvalue weighted by atomic mass is 35.5. The van der Waals surface area contributed by atoms with E-state index in [-0.39, 0.29) is 37.8 Å². The van der Waals surface area contributed by atoms with Gasteiger partial charge >= 0.3 is 6.18 Å². The van der Waals surface area contributed by atoms with E-state index < -0.39 is 11.7 Å². The molecule has 0 aliphatic carbocycles. The van der Waals surface area contributed by atoms with Crippen LogP contribution in [0.4, 0.5) is 13.2 Å². The minimum absolute atomic E-state index is 0. The van der Waals surface area contributed by atoms with Gasteiger partial charge in [0.2, 0.25) is 0 Å². The number of nitrogens with zero attached hydrogens (tertiary/aromatic N) is 1. The van der Waals surface area contributed by atoms with Crippen molar-refractivity contribution >= 4 is 24.8 Å². The van der Waals surface area contributed by atoms with Crippen LogP contribution in [0.1, 0.15) is 12.8 Å². The summed E-state index contributed by atoms with van der Waals surface area (Å²) in [5.41, 5.74) is -1.66. The molecular formula is C8H17Cl2F3N2. The van der Waals surface area contributed by atoms with E-state index in [0.29, 0.717) is 13.0 Å². The van der Waals surface area contributed by atoms with Crippen molar-refractivity contribution < 1.29 is 13.2 Å². The highest BCUT2D eigenvalue weighted by Crippen LogP contribution is 2.38. The van der Waals surface area contributed by atoms with Crippen LogP contribution in [0.3, 0.4) is 0 Å². The lowest BCUT2D eigenvalue weighted by Crippen LogP contribution is -2.63. The number of halogens is 5. The lowest BCUT2D eigenvalue weighted by atomic mass is 9.88. The van der Waals surface area contributed by atoms with Crippen molar-refractivity contribution in [3.05, 3.63) is 0 Å². The molecule has 7 heteroatoms. The smallest absolute Gasteiger partial charge is 0.315 e. The Labute approximate surface area is 100 Å². The number of alkyl halides is 3. The van der Waals surface area contributed by atoms with Gasteiger partial charge in [0, 0.05) is 6.54 Å². The Balaban J connectivity index is 0. The zero-order valence-electron chi connectivity index (χ0n) is 8.73. The lowest BCUT2D eigenvalue weighted by Gasteiger charge is -2.44. The van der Waals surface area contributed by atoms with Gasteiger partial charge in [-0.2, -0.15) is 13.2 Å². The minimum Gasteiger partial charge on any atom is -0.315 e. The Morgan fingerprint density at radius 2 is 1.73 bits per heavy atom. The number of rotatable bonds is 1.